The van der Waals surface area contributed by atoms with E-state index in [1.807, 2.05) is 119 Å². The molecule has 6 aromatic carbocycles. The molecule has 16 rings (SSSR count). The van der Waals surface area contributed by atoms with E-state index in [-0.39, 0.29) is 93.6 Å². The third-order valence-electron chi connectivity index (χ3n) is 21.2. The summed E-state index contributed by atoms with van der Waals surface area (Å²) in [6.45, 7) is 27.1. The highest BCUT2D eigenvalue weighted by Crippen LogP contribution is 2.44. The maximum absolute atomic E-state index is 11.6. The second-order valence-electron chi connectivity index (χ2n) is 31.6. The van der Waals surface area contributed by atoms with Crippen molar-refractivity contribution in [2.24, 2.45) is 0 Å². The number of aromatic carboxylic acids is 1. The van der Waals surface area contributed by atoms with Gasteiger partial charge >= 0.3 is 77.6 Å². The van der Waals surface area contributed by atoms with E-state index in [9.17, 15) is 47.0 Å². The van der Waals surface area contributed by atoms with Gasteiger partial charge < -0.3 is 126 Å². The Hall–Kier alpha value is -11.0. The Bertz CT molecular complexity index is 5770. The Labute approximate surface area is 743 Å². The SMILES string of the molecule is CC1(C)OB(B2OC(C)(C)C(C)(C)O2)OC1(C)C.COC(=O)c1cc2cc(B(O)O)ccc2[nH]1.COC(=O)c1cc2cc(B3OC(C)(C)C(C)(C)O3)ccc2[nH]1.COC(=O)c1cc2cc(B3OCCNCCO3)ccc2[nH]1.COC(=O)c1cc2cc(O)ccc2[nH]1.COC(=O)c1cc2cc(OSOOC(F)(F)F)ccc2[nH]1.COCl.O=C(O)c1cc2cc(O)ccc2[nH]1. The lowest BCUT2D eigenvalue weighted by atomic mass is 9.49. The molecule has 4 saturated heterocycles. The first-order valence-electron chi connectivity index (χ1n) is 39.2. The summed E-state index contributed by atoms with van der Waals surface area (Å²) in [5.41, 5.74) is 6.66. The molecule has 0 unspecified atom stereocenters. The highest BCUT2D eigenvalue weighted by molar-refractivity contribution is 7.90. The maximum Gasteiger partial charge on any atom is 0.550 e. The van der Waals surface area contributed by atoms with Crippen LogP contribution in [-0.4, -0.2) is 235 Å². The van der Waals surface area contributed by atoms with Gasteiger partial charge in [-0.05, 0) is 225 Å². The van der Waals surface area contributed by atoms with E-state index in [0.717, 1.165) is 67.6 Å². The number of H-pyrrole nitrogens is 6. The number of aromatic amines is 6. The maximum atomic E-state index is 11.6. The highest BCUT2D eigenvalue weighted by atomic mass is 35.5. The summed E-state index contributed by atoms with van der Waals surface area (Å²) in [5, 5.41) is 52.9. The van der Waals surface area contributed by atoms with E-state index >= 15 is 0 Å². The minimum atomic E-state index is -4.91. The van der Waals surface area contributed by atoms with Crippen LogP contribution in [0.15, 0.2) is 146 Å². The monoisotopic (exact) mass is 1820 g/mol. The van der Waals surface area contributed by atoms with Crippen LogP contribution in [0, 0.1) is 0 Å². The lowest BCUT2D eigenvalue weighted by Crippen LogP contribution is -2.43. The number of carboxylic acids is 1. The Kier molecular flexibility index (Phi) is 33.8. The Balaban J connectivity index is 0.000000169. The zero-order valence-corrected chi connectivity index (χ0v) is 74.7. The highest BCUT2D eigenvalue weighted by Gasteiger charge is 2.64. The van der Waals surface area contributed by atoms with E-state index in [1.165, 1.54) is 79.1 Å². The molecule has 0 bridgehead atoms. The number of benzene rings is 6. The molecule has 4 fully saturated rings. The number of carbonyl (C=O) groups is 6. The fourth-order valence-corrected chi connectivity index (χ4v) is 12.8. The molecule has 10 heterocycles. The van der Waals surface area contributed by atoms with Crippen LogP contribution in [0.2, 0.25) is 0 Å². The van der Waals surface area contributed by atoms with Gasteiger partial charge in [0.15, 0.2) is 0 Å². The van der Waals surface area contributed by atoms with E-state index in [2.05, 4.69) is 74.8 Å². The number of esters is 5. The second kappa shape index (κ2) is 42.9. The van der Waals surface area contributed by atoms with Crippen molar-refractivity contribution in [1.82, 2.24) is 35.2 Å². The van der Waals surface area contributed by atoms with Crippen LogP contribution in [0.25, 0.3) is 65.4 Å². The Morgan fingerprint density at radius 3 is 1.05 bits per heavy atom. The largest absolute Gasteiger partial charge is 0.550 e. The third-order valence-corrected chi connectivity index (χ3v) is 21.6. The van der Waals surface area contributed by atoms with E-state index < -0.39 is 58.5 Å². The smallest absolute Gasteiger partial charge is 0.508 e. The predicted octanol–water partition coefficient (Wildman–Crippen LogP) is 11.8. The topological polar surface area (TPSA) is 467 Å². The number of hydrogen-bond donors (Lipinski definition) is 12. The summed E-state index contributed by atoms with van der Waals surface area (Å²) in [6, 6.07) is 40.4. The molecule has 0 radical (unpaired) electrons. The van der Waals surface area contributed by atoms with Crippen LogP contribution in [0.4, 0.5) is 13.2 Å². The molecule has 0 atom stereocenters. The molecular weight excluding hydrogens is 1720 g/mol. The first-order valence-corrected chi connectivity index (χ1v) is 40.2. The van der Waals surface area contributed by atoms with Gasteiger partial charge in [-0.25, -0.2) is 28.8 Å². The van der Waals surface area contributed by atoms with Crippen LogP contribution in [0.3, 0.4) is 0 Å². The Morgan fingerprint density at radius 2 is 0.711 bits per heavy atom. The number of nitrogens with one attached hydrogen (secondary N) is 7. The van der Waals surface area contributed by atoms with Crippen LogP contribution in [-0.2, 0) is 74.4 Å². The number of phenolic OH excluding ortho intramolecular Hbond substituents is 2. The summed E-state index contributed by atoms with van der Waals surface area (Å²) in [7, 11) is 4.75. The van der Waals surface area contributed by atoms with Gasteiger partial charge in [-0.1, -0.05) is 36.4 Å². The van der Waals surface area contributed by atoms with Gasteiger partial charge in [0.2, 0.25) is 0 Å². The van der Waals surface area contributed by atoms with Crippen LogP contribution in [0.1, 0.15) is 146 Å². The normalized spacial score (nSPS) is 16.1. The molecule has 12 N–H and O–H groups in total. The number of halogens is 4. The molecule has 0 aliphatic carbocycles. The van der Waals surface area contributed by atoms with Gasteiger partial charge in [-0.3, -0.25) is 4.29 Å². The fraction of sp³-hybridized carbons (Fsp3) is 0.349. The second-order valence-corrected chi connectivity index (χ2v) is 32.4. The van der Waals surface area contributed by atoms with Gasteiger partial charge in [-0.2, -0.15) is 0 Å². The average molecular weight is 1820 g/mol. The molecule has 4 aliphatic rings. The molecule has 35 nitrogen and oxygen atoms in total. The van der Waals surface area contributed by atoms with Gasteiger partial charge in [0.25, 0.3) is 12.3 Å². The van der Waals surface area contributed by atoms with Crippen LogP contribution < -0.4 is 25.9 Å². The quantitative estimate of drug-likeness (QED) is 0.00915. The summed E-state index contributed by atoms with van der Waals surface area (Å²) in [5.74, 6) is -2.65. The summed E-state index contributed by atoms with van der Waals surface area (Å²) in [6.07, 6.45) is -4.91. The number of aromatic nitrogens is 6. The molecule has 0 amide bonds. The molecule has 6 aromatic heterocycles. The minimum Gasteiger partial charge on any atom is -0.508 e. The van der Waals surface area contributed by atoms with E-state index in [0.29, 0.717) is 63.3 Å². The van der Waals surface area contributed by atoms with Crippen molar-refractivity contribution in [3.05, 3.63) is 180 Å². The van der Waals surface area contributed by atoms with Gasteiger partial charge in [0.1, 0.15) is 51.4 Å². The number of rotatable bonds is 14. The number of alkyl halides is 3. The van der Waals surface area contributed by atoms with Crippen molar-refractivity contribution in [2.45, 2.75) is 123 Å². The first kappa shape index (κ1) is 101. The summed E-state index contributed by atoms with van der Waals surface area (Å²) >= 11 is 4.51. The fourth-order valence-electron chi connectivity index (χ4n) is 12.5. The van der Waals surface area contributed by atoms with Gasteiger partial charge in [0, 0.05) is 75.6 Å². The molecule has 45 heteroatoms. The molecule has 128 heavy (non-hydrogen) atoms. The number of fused-ring (bicyclic) bond motifs is 6. The standard InChI is InChI=1S/C16H20BNO4.C14H17BN2O4.C12H24B2O4.C11H8F3NO5S.C10H10BNO4.C10H9NO3.C9H7NO3.CH3ClO/c1-15(2)16(3,4)22-17(21-15)11-6-7-12-10(8-11)9-13(18-12)14(19)20-5;1-19-14(18)13-9-10-8-11(2-3-12(10)17-13)15-20-6-4-16-5-7-21-15;1-9(2)10(3,4)16-13(15-9)14-17-11(5,6)12(7,8)18-14;1-17-10(16)9-5-6-4-7(2-3-8(6)15-9)18-21-20-19-11(12,13)14;1-16-10(13)9-5-6-4-7(11(14)15)2-3-8(6)12-9;1-14-10(13)9-5-6-4-7(12)2-3-8(6)11-9;11-6-1-2-7-5(3-6)4-8(10-7)9(12)13;1-3-2/h6-9,18H,1-5H3;2-3,8-9,16-17H,4-7H2,1H3;1-8H3;2-5,15H,1H3;2-5,12,14-15H,1H3;2-5,11-12H,1H3;1-4,10-11H,(H,12,13);1H3. The third kappa shape index (κ3) is 25.9. The first-order chi connectivity index (χ1) is 60.2. The van der Waals surface area contributed by atoms with Crippen molar-refractivity contribution >= 4 is 177 Å². The molecule has 0 spiro atoms. The number of phenols is 2. The average Bonchev–Trinajstić information content (AvgIpc) is 1.59. The zero-order chi connectivity index (χ0) is 94.2. The molecular formula is C83H98B5ClF3N7O28S. The lowest BCUT2D eigenvalue weighted by molar-refractivity contribution is -0.441. The Morgan fingerprint density at radius 1 is 0.414 bits per heavy atom. The minimum absolute atomic E-state index is 0.0153. The lowest BCUT2D eigenvalue weighted by Gasteiger charge is -2.32. The number of hydrogen-bond acceptors (Lipinski definition) is 29. The number of carboxylic acid groups (broad SMARTS) is 1. The predicted molar refractivity (Wildman–Crippen MR) is 474 cm³/mol. The molecule has 0 saturated carbocycles. The van der Waals surface area contributed by atoms with Gasteiger partial charge in [0.05, 0.1) is 88.1 Å². The van der Waals surface area contributed by atoms with Gasteiger partial charge in [-0.15, -0.1) is 22.4 Å². The van der Waals surface area contributed by atoms with Crippen molar-refractivity contribution < 1.29 is 146 Å². The number of methoxy groups -OCH3 is 5. The number of carbonyl (C=O) groups excluding carboxylic acids is 5. The van der Waals surface area contributed by atoms with Crippen LogP contribution in [0.5, 0.6) is 17.2 Å². The zero-order valence-electron chi connectivity index (χ0n) is 73.1. The van der Waals surface area contributed by atoms with Crippen molar-refractivity contribution in [3.8, 4) is 17.2 Å². The molecule has 4 aliphatic heterocycles. The molecule has 682 valence electrons. The molecule has 12 aromatic rings. The summed E-state index contributed by atoms with van der Waals surface area (Å²) < 4.78 is 118. The van der Waals surface area contributed by atoms with Crippen LogP contribution >= 0.6 is 24.2 Å². The van der Waals surface area contributed by atoms with Crippen molar-refractivity contribution in [2.75, 3.05) is 69.0 Å². The summed E-state index contributed by atoms with van der Waals surface area (Å²) in [4.78, 5) is 87.9. The number of ether oxygens (including phenoxy) is 5. The van der Waals surface area contributed by atoms with E-state index in [1.54, 1.807) is 72.8 Å². The van der Waals surface area contributed by atoms with Crippen molar-refractivity contribution in [3.63, 3.8) is 0 Å². The van der Waals surface area contributed by atoms with E-state index in [4.69, 9.17) is 71.2 Å². The number of aromatic hydroxyl groups is 2. The van der Waals surface area contributed by atoms with Crippen molar-refractivity contribution in [1.29, 1.82) is 0 Å².